The van der Waals surface area contributed by atoms with Gasteiger partial charge in [0.1, 0.15) is 5.82 Å². The van der Waals surface area contributed by atoms with E-state index >= 15 is 0 Å². The minimum atomic E-state index is 0.282. The maximum Gasteiger partial charge on any atom is 0.231 e. The maximum absolute atomic E-state index is 5.43. The molecule has 21 heavy (non-hydrogen) atoms. The Labute approximate surface area is 123 Å². The molecule has 2 aromatic rings. The molecule has 2 heterocycles. The molecule has 5 heteroatoms. The number of anilines is 1. The van der Waals surface area contributed by atoms with Crippen molar-refractivity contribution >= 4 is 5.82 Å². The second-order valence-corrected chi connectivity index (χ2v) is 5.37. The molecule has 1 fully saturated rings. The van der Waals surface area contributed by atoms with Crippen molar-refractivity contribution in [2.75, 3.05) is 18.7 Å². The SMILES string of the molecule is CCNc1cc(C2CC2)nc(-c2ccc3c(c2)OCO3)n1. The minimum Gasteiger partial charge on any atom is -0.454 e. The number of fused-ring (bicyclic) bond motifs is 1. The van der Waals surface area contributed by atoms with Crippen LogP contribution >= 0.6 is 0 Å². The average molecular weight is 283 g/mol. The van der Waals surface area contributed by atoms with Crippen molar-refractivity contribution in [3.8, 4) is 22.9 Å². The number of rotatable bonds is 4. The lowest BCUT2D eigenvalue weighted by Gasteiger charge is -2.09. The summed E-state index contributed by atoms with van der Waals surface area (Å²) in [6.45, 7) is 3.20. The lowest BCUT2D eigenvalue weighted by atomic mass is 10.1. The highest BCUT2D eigenvalue weighted by Crippen LogP contribution is 2.41. The van der Waals surface area contributed by atoms with E-state index in [1.807, 2.05) is 18.2 Å². The van der Waals surface area contributed by atoms with Crippen molar-refractivity contribution in [1.29, 1.82) is 0 Å². The summed E-state index contributed by atoms with van der Waals surface area (Å²) in [7, 11) is 0. The van der Waals surface area contributed by atoms with Crippen molar-refractivity contribution in [3.63, 3.8) is 0 Å². The quantitative estimate of drug-likeness (QED) is 0.934. The van der Waals surface area contributed by atoms with Gasteiger partial charge in [0.05, 0.1) is 0 Å². The van der Waals surface area contributed by atoms with Gasteiger partial charge >= 0.3 is 0 Å². The molecular weight excluding hydrogens is 266 g/mol. The average Bonchev–Trinajstić information content (AvgIpc) is 3.25. The van der Waals surface area contributed by atoms with E-state index in [4.69, 9.17) is 14.5 Å². The Kier molecular flexibility index (Phi) is 2.91. The van der Waals surface area contributed by atoms with Crippen LogP contribution in [0.4, 0.5) is 5.82 Å². The monoisotopic (exact) mass is 283 g/mol. The summed E-state index contributed by atoms with van der Waals surface area (Å²) in [5.41, 5.74) is 2.09. The summed E-state index contributed by atoms with van der Waals surface area (Å²) in [5.74, 6) is 3.77. The van der Waals surface area contributed by atoms with Crippen LogP contribution in [-0.2, 0) is 0 Å². The van der Waals surface area contributed by atoms with Gasteiger partial charge in [0, 0.05) is 29.8 Å². The molecule has 0 amide bonds. The molecule has 0 bridgehead atoms. The summed E-state index contributed by atoms with van der Waals surface area (Å²) in [6, 6.07) is 7.91. The van der Waals surface area contributed by atoms with Crippen LogP contribution in [0, 0.1) is 0 Å². The van der Waals surface area contributed by atoms with E-state index in [-0.39, 0.29) is 6.79 Å². The zero-order valence-electron chi connectivity index (χ0n) is 11.9. The molecule has 1 aliphatic carbocycles. The van der Waals surface area contributed by atoms with E-state index in [9.17, 15) is 0 Å². The normalized spacial score (nSPS) is 16.0. The van der Waals surface area contributed by atoms with Gasteiger partial charge in [0.2, 0.25) is 6.79 Å². The summed E-state index contributed by atoms with van der Waals surface area (Å²) in [4.78, 5) is 9.34. The van der Waals surface area contributed by atoms with Crippen molar-refractivity contribution in [2.45, 2.75) is 25.7 Å². The third-order valence-electron chi connectivity index (χ3n) is 3.73. The highest BCUT2D eigenvalue weighted by atomic mass is 16.7. The lowest BCUT2D eigenvalue weighted by molar-refractivity contribution is 0.174. The number of benzene rings is 1. The molecule has 0 unspecified atom stereocenters. The highest BCUT2D eigenvalue weighted by molar-refractivity contribution is 5.63. The van der Waals surface area contributed by atoms with Crippen molar-refractivity contribution < 1.29 is 9.47 Å². The predicted octanol–water partition coefficient (Wildman–Crippen LogP) is 3.18. The van der Waals surface area contributed by atoms with Gasteiger partial charge in [-0.1, -0.05) is 0 Å². The Morgan fingerprint density at radius 1 is 1.14 bits per heavy atom. The number of nitrogens with one attached hydrogen (secondary N) is 1. The fourth-order valence-electron chi connectivity index (χ4n) is 2.49. The summed E-state index contributed by atoms with van der Waals surface area (Å²) >= 11 is 0. The van der Waals surface area contributed by atoms with Gasteiger partial charge in [0.25, 0.3) is 0 Å². The third-order valence-corrected chi connectivity index (χ3v) is 3.73. The van der Waals surface area contributed by atoms with Crippen LogP contribution < -0.4 is 14.8 Å². The molecule has 1 aromatic heterocycles. The van der Waals surface area contributed by atoms with E-state index in [1.165, 1.54) is 12.8 Å². The Morgan fingerprint density at radius 3 is 2.81 bits per heavy atom. The largest absolute Gasteiger partial charge is 0.454 e. The van der Waals surface area contributed by atoms with Crippen LogP contribution in [0.15, 0.2) is 24.3 Å². The Morgan fingerprint density at radius 2 is 2.00 bits per heavy atom. The van der Waals surface area contributed by atoms with Gasteiger partial charge in [-0.25, -0.2) is 9.97 Å². The van der Waals surface area contributed by atoms with Gasteiger partial charge in [-0.05, 0) is 38.0 Å². The number of hydrogen-bond donors (Lipinski definition) is 1. The molecule has 108 valence electrons. The van der Waals surface area contributed by atoms with Crippen LogP contribution in [0.5, 0.6) is 11.5 Å². The molecule has 0 atom stereocenters. The van der Waals surface area contributed by atoms with E-state index in [1.54, 1.807) is 0 Å². The van der Waals surface area contributed by atoms with Gasteiger partial charge in [-0.15, -0.1) is 0 Å². The van der Waals surface area contributed by atoms with Crippen molar-refractivity contribution in [3.05, 3.63) is 30.0 Å². The molecule has 1 saturated carbocycles. The molecule has 0 spiro atoms. The van der Waals surface area contributed by atoms with Gasteiger partial charge in [-0.2, -0.15) is 0 Å². The fourth-order valence-corrected chi connectivity index (χ4v) is 2.49. The first-order valence-electron chi connectivity index (χ1n) is 7.36. The van der Waals surface area contributed by atoms with E-state index in [0.29, 0.717) is 5.92 Å². The Hall–Kier alpha value is -2.30. The minimum absolute atomic E-state index is 0.282. The first-order chi connectivity index (χ1) is 10.3. The van der Waals surface area contributed by atoms with Crippen LogP contribution in [0.2, 0.25) is 0 Å². The zero-order chi connectivity index (χ0) is 14.2. The third kappa shape index (κ3) is 2.39. The molecule has 1 aromatic carbocycles. The van der Waals surface area contributed by atoms with Gasteiger partial charge in [-0.3, -0.25) is 0 Å². The van der Waals surface area contributed by atoms with Gasteiger partial charge < -0.3 is 14.8 Å². The maximum atomic E-state index is 5.43. The fraction of sp³-hybridized carbons (Fsp3) is 0.375. The second-order valence-electron chi connectivity index (χ2n) is 5.37. The van der Waals surface area contributed by atoms with Crippen molar-refractivity contribution in [1.82, 2.24) is 9.97 Å². The van der Waals surface area contributed by atoms with Crippen LogP contribution in [0.25, 0.3) is 11.4 Å². The molecule has 0 saturated heterocycles. The number of ether oxygens (including phenoxy) is 2. The molecule has 5 nitrogen and oxygen atoms in total. The molecule has 0 radical (unpaired) electrons. The summed E-state index contributed by atoms with van der Waals surface area (Å²) in [5, 5.41) is 3.29. The Bertz CT molecular complexity index is 683. The summed E-state index contributed by atoms with van der Waals surface area (Å²) in [6.07, 6.45) is 2.45. The molecular formula is C16H17N3O2. The topological polar surface area (TPSA) is 56.3 Å². The van der Waals surface area contributed by atoms with Crippen LogP contribution in [-0.4, -0.2) is 23.3 Å². The standard InChI is InChI=1S/C16H17N3O2/c1-2-17-15-8-12(10-3-4-10)18-16(19-15)11-5-6-13-14(7-11)21-9-20-13/h5-8,10H,2-4,9H2,1H3,(H,17,18,19). The van der Waals surface area contributed by atoms with Gasteiger partial charge in [0.15, 0.2) is 17.3 Å². The molecule has 2 aliphatic rings. The number of nitrogens with zero attached hydrogens (tertiary/aromatic N) is 2. The van der Waals surface area contributed by atoms with E-state index < -0.39 is 0 Å². The first-order valence-corrected chi connectivity index (χ1v) is 7.36. The molecule has 4 rings (SSSR count). The van der Waals surface area contributed by atoms with E-state index in [2.05, 4.69) is 23.3 Å². The smallest absolute Gasteiger partial charge is 0.231 e. The first kappa shape index (κ1) is 12.4. The highest BCUT2D eigenvalue weighted by Gasteiger charge is 2.26. The predicted molar refractivity (Wildman–Crippen MR) is 79.7 cm³/mol. The van der Waals surface area contributed by atoms with E-state index in [0.717, 1.165) is 40.9 Å². The summed E-state index contributed by atoms with van der Waals surface area (Å²) < 4.78 is 10.8. The van der Waals surface area contributed by atoms with Crippen LogP contribution in [0.1, 0.15) is 31.4 Å². The lowest BCUT2D eigenvalue weighted by Crippen LogP contribution is -2.03. The van der Waals surface area contributed by atoms with Crippen molar-refractivity contribution in [2.24, 2.45) is 0 Å². The number of aromatic nitrogens is 2. The van der Waals surface area contributed by atoms with Crippen LogP contribution in [0.3, 0.4) is 0 Å². The second kappa shape index (κ2) is 4.91. The molecule has 1 aliphatic heterocycles. The number of hydrogen-bond acceptors (Lipinski definition) is 5. The Balaban J connectivity index is 1.76. The zero-order valence-corrected chi connectivity index (χ0v) is 11.9. The molecule has 1 N–H and O–H groups in total.